The van der Waals surface area contributed by atoms with E-state index < -0.39 is 17.7 Å². The molecule has 1 saturated carbocycles. The second-order valence-corrected chi connectivity index (χ2v) is 3.92. The number of pyridine rings is 1. The van der Waals surface area contributed by atoms with E-state index in [0.717, 1.165) is 0 Å². The standard InChI is InChI=1S/C11H10F3NO3/c1-17-9-8(18-10(16)6-2-3-6)4-7(5-15-9)11(12,13)14/h4-6H,2-3H2,1H3. The van der Waals surface area contributed by atoms with Crippen LogP contribution in [0.5, 0.6) is 11.6 Å². The molecule has 0 aliphatic heterocycles. The molecule has 98 valence electrons. The number of carbonyl (C=O) groups excluding carboxylic acids is 1. The van der Waals surface area contributed by atoms with Gasteiger partial charge < -0.3 is 9.47 Å². The lowest BCUT2D eigenvalue weighted by Gasteiger charge is -2.11. The predicted molar refractivity (Wildman–Crippen MR) is 54.2 cm³/mol. The third kappa shape index (κ3) is 2.72. The molecule has 0 radical (unpaired) electrons. The van der Waals surface area contributed by atoms with E-state index in [1.165, 1.54) is 7.11 Å². The highest BCUT2D eigenvalue weighted by atomic mass is 19.4. The van der Waals surface area contributed by atoms with Crippen LogP contribution in [-0.2, 0) is 11.0 Å². The number of hydrogen-bond acceptors (Lipinski definition) is 4. The summed E-state index contributed by atoms with van der Waals surface area (Å²) in [7, 11) is 1.24. The summed E-state index contributed by atoms with van der Waals surface area (Å²) in [6.45, 7) is 0. The van der Waals surface area contributed by atoms with Crippen molar-refractivity contribution in [2.24, 2.45) is 5.92 Å². The lowest BCUT2D eigenvalue weighted by atomic mass is 10.2. The minimum Gasteiger partial charge on any atom is -0.478 e. The van der Waals surface area contributed by atoms with E-state index >= 15 is 0 Å². The van der Waals surface area contributed by atoms with Crippen LogP contribution in [0, 0.1) is 5.92 Å². The zero-order valence-electron chi connectivity index (χ0n) is 9.45. The van der Waals surface area contributed by atoms with E-state index in [0.29, 0.717) is 25.1 Å². The Morgan fingerprint density at radius 3 is 2.61 bits per heavy atom. The molecular formula is C11H10F3NO3. The molecule has 0 aromatic carbocycles. The van der Waals surface area contributed by atoms with E-state index in [1.807, 2.05) is 0 Å². The van der Waals surface area contributed by atoms with Gasteiger partial charge in [0.1, 0.15) is 0 Å². The molecular weight excluding hydrogens is 251 g/mol. The molecule has 1 aliphatic carbocycles. The van der Waals surface area contributed by atoms with Gasteiger partial charge in [-0.15, -0.1) is 0 Å². The normalized spacial score (nSPS) is 15.3. The first kappa shape index (κ1) is 12.7. The van der Waals surface area contributed by atoms with Crippen molar-refractivity contribution in [3.8, 4) is 11.6 Å². The number of alkyl halides is 3. The Kier molecular flexibility index (Phi) is 3.14. The average molecular weight is 261 g/mol. The number of carbonyl (C=O) groups is 1. The Bertz CT molecular complexity index is 469. The first-order valence-corrected chi connectivity index (χ1v) is 5.24. The van der Waals surface area contributed by atoms with Crippen LogP contribution < -0.4 is 9.47 Å². The van der Waals surface area contributed by atoms with Gasteiger partial charge in [0.15, 0.2) is 5.75 Å². The van der Waals surface area contributed by atoms with E-state index in [2.05, 4.69) is 4.98 Å². The van der Waals surface area contributed by atoms with Crippen molar-refractivity contribution in [3.05, 3.63) is 17.8 Å². The first-order valence-electron chi connectivity index (χ1n) is 5.24. The molecule has 0 N–H and O–H groups in total. The fraction of sp³-hybridized carbons (Fsp3) is 0.455. The van der Waals surface area contributed by atoms with Crippen molar-refractivity contribution >= 4 is 5.97 Å². The monoisotopic (exact) mass is 261 g/mol. The molecule has 0 amide bonds. The molecule has 4 nitrogen and oxygen atoms in total. The summed E-state index contributed by atoms with van der Waals surface area (Å²) in [5.41, 5.74) is -0.984. The number of rotatable bonds is 3. The Hall–Kier alpha value is -1.79. The molecule has 7 heteroatoms. The highest BCUT2D eigenvalue weighted by Gasteiger charge is 2.35. The zero-order valence-corrected chi connectivity index (χ0v) is 9.45. The molecule has 0 atom stereocenters. The number of methoxy groups -OCH3 is 1. The van der Waals surface area contributed by atoms with Gasteiger partial charge in [-0.3, -0.25) is 4.79 Å². The zero-order chi connectivity index (χ0) is 13.3. The van der Waals surface area contributed by atoms with Gasteiger partial charge in [-0.1, -0.05) is 0 Å². The number of hydrogen-bond donors (Lipinski definition) is 0. The Morgan fingerprint density at radius 1 is 1.44 bits per heavy atom. The van der Waals surface area contributed by atoms with Crippen LogP contribution in [-0.4, -0.2) is 18.1 Å². The van der Waals surface area contributed by atoms with Gasteiger partial charge in [0.2, 0.25) is 0 Å². The second kappa shape index (κ2) is 4.47. The van der Waals surface area contributed by atoms with E-state index in [1.54, 1.807) is 0 Å². The smallest absolute Gasteiger partial charge is 0.418 e. The van der Waals surface area contributed by atoms with Gasteiger partial charge in [-0.05, 0) is 12.8 Å². The molecule has 1 heterocycles. The molecule has 0 saturated heterocycles. The van der Waals surface area contributed by atoms with Crippen LogP contribution in [0.1, 0.15) is 18.4 Å². The third-order valence-electron chi connectivity index (χ3n) is 2.46. The molecule has 0 unspecified atom stereocenters. The Labute approximate surface area is 101 Å². The summed E-state index contributed by atoms with van der Waals surface area (Å²) in [6.07, 6.45) is -2.51. The Morgan fingerprint density at radius 2 is 2.11 bits per heavy atom. The van der Waals surface area contributed by atoms with Crippen molar-refractivity contribution < 1.29 is 27.4 Å². The van der Waals surface area contributed by atoms with Crippen LogP contribution in [0.15, 0.2) is 12.3 Å². The number of aromatic nitrogens is 1. The molecule has 1 fully saturated rings. The summed E-state index contributed by atoms with van der Waals surface area (Å²) >= 11 is 0. The summed E-state index contributed by atoms with van der Waals surface area (Å²) < 4.78 is 47.1. The van der Waals surface area contributed by atoms with Crippen molar-refractivity contribution in [2.45, 2.75) is 19.0 Å². The van der Waals surface area contributed by atoms with Crippen LogP contribution in [0.4, 0.5) is 13.2 Å². The molecule has 1 aromatic heterocycles. The lowest BCUT2D eigenvalue weighted by Crippen LogP contribution is -2.13. The maximum Gasteiger partial charge on any atom is 0.418 e. The number of nitrogens with zero attached hydrogens (tertiary/aromatic N) is 1. The summed E-state index contributed by atoms with van der Waals surface area (Å²) in [5, 5.41) is 0. The molecule has 1 aliphatic rings. The molecule has 2 rings (SSSR count). The summed E-state index contributed by atoms with van der Waals surface area (Å²) in [4.78, 5) is 14.9. The highest BCUT2D eigenvalue weighted by molar-refractivity contribution is 5.77. The maximum absolute atomic E-state index is 12.5. The number of ether oxygens (including phenoxy) is 2. The van der Waals surface area contributed by atoms with Gasteiger partial charge in [0, 0.05) is 12.3 Å². The minimum absolute atomic E-state index is 0.142. The first-order chi connectivity index (χ1) is 8.41. The molecule has 18 heavy (non-hydrogen) atoms. The summed E-state index contributed by atoms with van der Waals surface area (Å²) in [5.74, 6) is -1.21. The van der Waals surface area contributed by atoms with Crippen LogP contribution in [0.25, 0.3) is 0 Å². The third-order valence-corrected chi connectivity index (χ3v) is 2.46. The molecule has 0 bridgehead atoms. The predicted octanol–water partition coefficient (Wildman–Crippen LogP) is 2.42. The topological polar surface area (TPSA) is 48.4 Å². The second-order valence-electron chi connectivity index (χ2n) is 3.92. The average Bonchev–Trinajstić information content (AvgIpc) is 3.11. The van der Waals surface area contributed by atoms with Gasteiger partial charge in [-0.25, -0.2) is 4.98 Å². The Balaban J connectivity index is 2.27. The van der Waals surface area contributed by atoms with E-state index in [9.17, 15) is 18.0 Å². The van der Waals surface area contributed by atoms with Gasteiger partial charge in [-0.2, -0.15) is 13.2 Å². The fourth-order valence-electron chi connectivity index (χ4n) is 1.32. The quantitative estimate of drug-likeness (QED) is 0.784. The van der Waals surface area contributed by atoms with Crippen molar-refractivity contribution in [2.75, 3.05) is 7.11 Å². The van der Waals surface area contributed by atoms with Crippen LogP contribution in [0.2, 0.25) is 0 Å². The molecule has 1 aromatic rings. The number of esters is 1. The van der Waals surface area contributed by atoms with Crippen molar-refractivity contribution in [3.63, 3.8) is 0 Å². The van der Waals surface area contributed by atoms with Gasteiger partial charge in [0.25, 0.3) is 5.88 Å². The lowest BCUT2D eigenvalue weighted by molar-refractivity contribution is -0.139. The summed E-state index contributed by atoms with van der Waals surface area (Å²) in [6, 6.07) is 0.714. The van der Waals surface area contributed by atoms with Crippen molar-refractivity contribution in [1.82, 2.24) is 4.98 Å². The van der Waals surface area contributed by atoms with Crippen LogP contribution >= 0.6 is 0 Å². The minimum atomic E-state index is -4.54. The van der Waals surface area contributed by atoms with E-state index in [-0.39, 0.29) is 17.5 Å². The SMILES string of the molecule is COc1ncc(C(F)(F)F)cc1OC(=O)C1CC1. The van der Waals surface area contributed by atoms with Crippen molar-refractivity contribution in [1.29, 1.82) is 0 Å². The van der Waals surface area contributed by atoms with Gasteiger partial charge in [0.05, 0.1) is 18.6 Å². The fourth-order valence-corrected chi connectivity index (χ4v) is 1.32. The largest absolute Gasteiger partial charge is 0.478 e. The highest BCUT2D eigenvalue weighted by Crippen LogP contribution is 2.36. The number of halogens is 3. The van der Waals surface area contributed by atoms with Crippen LogP contribution in [0.3, 0.4) is 0 Å². The molecule has 0 spiro atoms. The maximum atomic E-state index is 12.5. The van der Waals surface area contributed by atoms with Gasteiger partial charge >= 0.3 is 12.1 Å². The van der Waals surface area contributed by atoms with E-state index in [4.69, 9.17) is 9.47 Å².